The molecule has 0 bridgehead atoms. The predicted octanol–water partition coefficient (Wildman–Crippen LogP) is 1.48. The standard InChI is InChI=1S/C15H26N2O3/c1-3-11-4-7-15(8-5-11,14(19)20)16-13(18)12-6-9-17(2)10-12/h11-12H,3-10H2,1-2H3,(H,16,18)(H,19,20). The minimum Gasteiger partial charge on any atom is -0.480 e. The second-order valence-corrected chi connectivity index (χ2v) is 6.48. The van der Waals surface area contributed by atoms with Gasteiger partial charge in [0.05, 0.1) is 5.92 Å². The summed E-state index contributed by atoms with van der Waals surface area (Å²) in [5, 5.41) is 12.4. The highest BCUT2D eigenvalue weighted by atomic mass is 16.4. The van der Waals surface area contributed by atoms with E-state index in [1.54, 1.807) is 0 Å². The molecule has 0 radical (unpaired) electrons. The molecule has 114 valence electrons. The second kappa shape index (κ2) is 6.12. The third-order valence-electron chi connectivity index (χ3n) is 5.07. The summed E-state index contributed by atoms with van der Waals surface area (Å²) >= 11 is 0. The van der Waals surface area contributed by atoms with Crippen molar-refractivity contribution in [1.82, 2.24) is 10.2 Å². The molecule has 2 N–H and O–H groups in total. The molecule has 1 unspecified atom stereocenters. The van der Waals surface area contributed by atoms with Gasteiger partial charge in [0.15, 0.2) is 0 Å². The van der Waals surface area contributed by atoms with Crippen molar-refractivity contribution in [2.75, 3.05) is 20.1 Å². The van der Waals surface area contributed by atoms with Crippen LogP contribution in [-0.2, 0) is 9.59 Å². The second-order valence-electron chi connectivity index (χ2n) is 6.48. The van der Waals surface area contributed by atoms with Crippen molar-refractivity contribution in [3.05, 3.63) is 0 Å². The van der Waals surface area contributed by atoms with Gasteiger partial charge >= 0.3 is 5.97 Å². The van der Waals surface area contributed by atoms with E-state index in [0.717, 1.165) is 38.8 Å². The van der Waals surface area contributed by atoms with Crippen molar-refractivity contribution in [2.24, 2.45) is 11.8 Å². The fraction of sp³-hybridized carbons (Fsp3) is 0.867. The van der Waals surface area contributed by atoms with E-state index in [4.69, 9.17) is 0 Å². The zero-order chi connectivity index (χ0) is 14.8. The molecule has 2 rings (SSSR count). The largest absolute Gasteiger partial charge is 0.480 e. The highest BCUT2D eigenvalue weighted by molar-refractivity contribution is 5.88. The van der Waals surface area contributed by atoms with Gasteiger partial charge in [0.25, 0.3) is 0 Å². The van der Waals surface area contributed by atoms with E-state index < -0.39 is 11.5 Å². The van der Waals surface area contributed by atoms with E-state index in [1.807, 2.05) is 7.05 Å². The summed E-state index contributed by atoms with van der Waals surface area (Å²) in [5.74, 6) is -0.393. The molecule has 1 aliphatic heterocycles. The fourth-order valence-corrected chi connectivity index (χ4v) is 3.46. The molecule has 1 aliphatic carbocycles. The first-order chi connectivity index (χ1) is 9.47. The van der Waals surface area contributed by atoms with Crippen LogP contribution in [0.4, 0.5) is 0 Å². The summed E-state index contributed by atoms with van der Waals surface area (Å²) < 4.78 is 0. The van der Waals surface area contributed by atoms with Gasteiger partial charge in [0, 0.05) is 6.54 Å². The minimum atomic E-state index is -1.02. The number of amides is 1. The highest BCUT2D eigenvalue weighted by Gasteiger charge is 2.44. The average molecular weight is 282 g/mol. The van der Waals surface area contributed by atoms with Crippen molar-refractivity contribution in [1.29, 1.82) is 0 Å². The molecule has 0 aromatic carbocycles. The van der Waals surface area contributed by atoms with Crippen LogP contribution in [0.2, 0.25) is 0 Å². The van der Waals surface area contributed by atoms with Crippen molar-refractivity contribution in [3.63, 3.8) is 0 Å². The summed E-state index contributed by atoms with van der Waals surface area (Å²) in [7, 11) is 1.99. The van der Waals surface area contributed by atoms with Crippen LogP contribution in [0, 0.1) is 11.8 Å². The number of carbonyl (C=O) groups is 2. The Hall–Kier alpha value is -1.10. The van der Waals surface area contributed by atoms with E-state index in [0.29, 0.717) is 18.8 Å². The van der Waals surface area contributed by atoms with Crippen LogP contribution >= 0.6 is 0 Å². The number of carbonyl (C=O) groups excluding carboxylic acids is 1. The number of carboxylic acid groups (broad SMARTS) is 1. The van der Waals surface area contributed by atoms with Crippen molar-refractivity contribution in [2.45, 2.75) is 51.0 Å². The fourth-order valence-electron chi connectivity index (χ4n) is 3.46. The number of likely N-dealkylation sites (tertiary alicyclic amines) is 1. The SMILES string of the molecule is CCC1CCC(NC(=O)C2CCN(C)C2)(C(=O)O)CC1. The number of aliphatic carboxylic acids is 1. The molecule has 0 aromatic rings. The number of rotatable bonds is 4. The van der Waals surface area contributed by atoms with E-state index in [2.05, 4.69) is 17.1 Å². The Labute approximate surface area is 120 Å². The lowest BCUT2D eigenvalue weighted by Gasteiger charge is -2.37. The van der Waals surface area contributed by atoms with Crippen molar-refractivity contribution < 1.29 is 14.7 Å². The molecule has 2 fully saturated rings. The number of hydrogen-bond acceptors (Lipinski definition) is 3. The van der Waals surface area contributed by atoms with Gasteiger partial charge in [-0.3, -0.25) is 4.79 Å². The molecule has 0 spiro atoms. The first-order valence-corrected chi connectivity index (χ1v) is 7.71. The van der Waals surface area contributed by atoms with E-state index in [1.165, 1.54) is 0 Å². The van der Waals surface area contributed by atoms with Gasteiger partial charge in [-0.15, -0.1) is 0 Å². The molecule has 1 atom stereocenters. The minimum absolute atomic E-state index is 0.0554. The van der Waals surface area contributed by atoms with Gasteiger partial charge in [-0.2, -0.15) is 0 Å². The summed E-state index contributed by atoms with van der Waals surface area (Å²) in [6.07, 6.45) is 4.85. The first-order valence-electron chi connectivity index (χ1n) is 7.71. The summed E-state index contributed by atoms with van der Waals surface area (Å²) in [6, 6.07) is 0. The quantitative estimate of drug-likeness (QED) is 0.819. The molecular weight excluding hydrogens is 256 g/mol. The monoisotopic (exact) mass is 282 g/mol. The maximum atomic E-state index is 12.3. The molecule has 5 heteroatoms. The summed E-state index contributed by atoms with van der Waals surface area (Å²) in [5.41, 5.74) is -1.02. The molecule has 1 amide bonds. The van der Waals surface area contributed by atoms with Gasteiger partial charge in [-0.05, 0) is 51.6 Å². The Kier molecular flexibility index (Phi) is 4.68. The van der Waals surface area contributed by atoms with Gasteiger partial charge in [0.1, 0.15) is 5.54 Å². The maximum Gasteiger partial charge on any atom is 0.329 e. The average Bonchev–Trinajstić information content (AvgIpc) is 2.86. The van der Waals surface area contributed by atoms with Gasteiger partial charge in [-0.25, -0.2) is 4.79 Å². The Morgan fingerprint density at radius 1 is 1.30 bits per heavy atom. The predicted molar refractivity (Wildman–Crippen MR) is 76.4 cm³/mol. The van der Waals surface area contributed by atoms with Crippen LogP contribution in [0.3, 0.4) is 0 Å². The first kappa shape index (κ1) is 15.3. The van der Waals surface area contributed by atoms with Crippen LogP contribution in [0.15, 0.2) is 0 Å². The van der Waals surface area contributed by atoms with Crippen molar-refractivity contribution in [3.8, 4) is 0 Å². The molecule has 0 aromatic heterocycles. The molecule has 1 saturated carbocycles. The molecule has 1 saturated heterocycles. The number of carboxylic acids is 1. The smallest absolute Gasteiger partial charge is 0.329 e. The molecule has 1 heterocycles. The third-order valence-corrected chi connectivity index (χ3v) is 5.07. The number of nitrogens with zero attached hydrogens (tertiary/aromatic N) is 1. The lowest BCUT2D eigenvalue weighted by molar-refractivity contribution is -0.150. The molecule has 20 heavy (non-hydrogen) atoms. The van der Waals surface area contributed by atoms with Crippen LogP contribution in [0.25, 0.3) is 0 Å². The zero-order valence-electron chi connectivity index (χ0n) is 12.5. The highest BCUT2D eigenvalue weighted by Crippen LogP contribution is 2.34. The Balaban J connectivity index is 1.99. The van der Waals surface area contributed by atoms with Crippen LogP contribution < -0.4 is 5.32 Å². The number of nitrogens with one attached hydrogen (secondary N) is 1. The summed E-state index contributed by atoms with van der Waals surface area (Å²) in [6.45, 7) is 3.79. The Morgan fingerprint density at radius 3 is 2.40 bits per heavy atom. The van der Waals surface area contributed by atoms with Gasteiger partial charge < -0.3 is 15.3 Å². The van der Waals surface area contributed by atoms with E-state index in [-0.39, 0.29) is 11.8 Å². The third kappa shape index (κ3) is 3.14. The zero-order valence-corrected chi connectivity index (χ0v) is 12.5. The van der Waals surface area contributed by atoms with Crippen LogP contribution in [0.1, 0.15) is 45.4 Å². The lowest BCUT2D eigenvalue weighted by Crippen LogP contribution is -2.57. The van der Waals surface area contributed by atoms with E-state index in [9.17, 15) is 14.7 Å². The Bertz CT molecular complexity index is 375. The number of hydrogen-bond donors (Lipinski definition) is 2. The van der Waals surface area contributed by atoms with E-state index >= 15 is 0 Å². The lowest BCUT2D eigenvalue weighted by atomic mass is 9.75. The van der Waals surface area contributed by atoms with Gasteiger partial charge in [0.2, 0.25) is 5.91 Å². The van der Waals surface area contributed by atoms with Crippen LogP contribution in [-0.4, -0.2) is 47.6 Å². The Morgan fingerprint density at radius 2 is 1.95 bits per heavy atom. The molecular formula is C15H26N2O3. The maximum absolute atomic E-state index is 12.3. The molecule has 2 aliphatic rings. The summed E-state index contributed by atoms with van der Waals surface area (Å²) in [4.78, 5) is 26.1. The topological polar surface area (TPSA) is 69.6 Å². The normalized spacial score (nSPS) is 34.9. The van der Waals surface area contributed by atoms with Crippen LogP contribution in [0.5, 0.6) is 0 Å². The molecule has 5 nitrogen and oxygen atoms in total. The van der Waals surface area contributed by atoms with Gasteiger partial charge in [-0.1, -0.05) is 13.3 Å². The van der Waals surface area contributed by atoms with Crippen molar-refractivity contribution >= 4 is 11.9 Å².